The number of allylic oxidation sites excluding steroid dienone is 6. The number of aliphatic hydroxyl groups excluding tert-OH is 3. The van der Waals surface area contributed by atoms with E-state index in [1.54, 1.807) is 0 Å². The number of hydrogen-bond donors (Lipinski definition) is 4. The van der Waals surface area contributed by atoms with Crippen LogP contribution >= 0.6 is 0 Å². The molecule has 0 spiro atoms. The summed E-state index contributed by atoms with van der Waals surface area (Å²) in [5, 5.41) is 33.4. The molecule has 0 radical (unpaired) electrons. The predicted molar refractivity (Wildman–Crippen MR) is 264 cm³/mol. The van der Waals surface area contributed by atoms with Crippen LogP contribution < -0.4 is 5.32 Å². The number of carbonyl (C=O) groups excluding carboxylic acids is 1. The molecule has 0 saturated heterocycles. The average Bonchev–Trinajstić information content (AvgIpc) is 3.25. The van der Waals surface area contributed by atoms with Crippen molar-refractivity contribution in [3.05, 3.63) is 36.5 Å². The summed E-state index contributed by atoms with van der Waals surface area (Å²) in [6.07, 6.45) is 64.8. The Kier molecular flexibility index (Phi) is 49.0. The zero-order valence-corrected chi connectivity index (χ0v) is 40.4. The lowest BCUT2D eigenvalue weighted by atomic mass is 10.0. The maximum Gasteiger partial charge on any atom is 0.220 e. The molecule has 0 aromatic rings. The van der Waals surface area contributed by atoms with Crippen molar-refractivity contribution in [3.8, 4) is 0 Å². The number of carbonyl (C=O) groups is 1. The SMILES string of the molecule is CC/C=C/CC/C=C/CCCC(O)C(O)C(CO)NC(=O)CCCCCCCCCCCCCCCCCCC/C=C\CCCCCCCCCCCCCCCCCC. The topological polar surface area (TPSA) is 89.8 Å². The third-order valence-corrected chi connectivity index (χ3v) is 12.5. The van der Waals surface area contributed by atoms with Crippen LogP contribution in [0.1, 0.15) is 284 Å². The molecule has 0 aliphatic rings. The van der Waals surface area contributed by atoms with Crippen molar-refractivity contribution in [1.29, 1.82) is 0 Å². The van der Waals surface area contributed by atoms with Gasteiger partial charge >= 0.3 is 0 Å². The smallest absolute Gasteiger partial charge is 0.220 e. The molecule has 354 valence electrons. The van der Waals surface area contributed by atoms with Gasteiger partial charge in [-0.3, -0.25) is 4.79 Å². The highest BCUT2D eigenvalue weighted by Crippen LogP contribution is 2.17. The van der Waals surface area contributed by atoms with Crippen LogP contribution in [0.5, 0.6) is 0 Å². The zero-order valence-electron chi connectivity index (χ0n) is 40.4. The molecule has 0 bridgehead atoms. The lowest BCUT2D eigenvalue weighted by molar-refractivity contribution is -0.124. The normalized spacial score (nSPS) is 13.6. The zero-order chi connectivity index (χ0) is 43.7. The van der Waals surface area contributed by atoms with E-state index >= 15 is 0 Å². The molecule has 3 atom stereocenters. The Hall–Kier alpha value is -1.43. The first-order valence-electron chi connectivity index (χ1n) is 26.8. The molecule has 60 heavy (non-hydrogen) atoms. The van der Waals surface area contributed by atoms with Gasteiger partial charge in [0.2, 0.25) is 5.91 Å². The first kappa shape index (κ1) is 58.6. The average molecular weight is 844 g/mol. The Morgan fingerprint density at radius 2 is 0.733 bits per heavy atom. The van der Waals surface area contributed by atoms with Gasteiger partial charge in [0.25, 0.3) is 0 Å². The molecular weight excluding hydrogens is 739 g/mol. The van der Waals surface area contributed by atoms with E-state index in [1.807, 2.05) is 0 Å². The molecule has 0 aliphatic heterocycles. The van der Waals surface area contributed by atoms with Crippen LogP contribution in [0.3, 0.4) is 0 Å². The van der Waals surface area contributed by atoms with Gasteiger partial charge in [-0.05, 0) is 70.6 Å². The van der Waals surface area contributed by atoms with Crippen molar-refractivity contribution in [3.63, 3.8) is 0 Å². The Balaban J connectivity index is 3.41. The van der Waals surface area contributed by atoms with Gasteiger partial charge in [-0.25, -0.2) is 0 Å². The first-order valence-corrected chi connectivity index (χ1v) is 26.8. The van der Waals surface area contributed by atoms with Crippen LogP contribution in [-0.2, 0) is 4.79 Å². The van der Waals surface area contributed by atoms with Crippen LogP contribution in [0.15, 0.2) is 36.5 Å². The molecule has 0 fully saturated rings. The molecule has 3 unspecified atom stereocenters. The fraction of sp³-hybridized carbons (Fsp3) is 0.873. The van der Waals surface area contributed by atoms with Crippen LogP contribution in [0.4, 0.5) is 0 Å². The van der Waals surface area contributed by atoms with E-state index in [4.69, 9.17) is 0 Å². The number of unbranched alkanes of at least 4 members (excludes halogenated alkanes) is 35. The van der Waals surface area contributed by atoms with E-state index in [1.165, 1.54) is 205 Å². The van der Waals surface area contributed by atoms with Crippen LogP contribution in [-0.4, -0.2) is 46.1 Å². The van der Waals surface area contributed by atoms with Gasteiger partial charge in [0.15, 0.2) is 0 Å². The van der Waals surface area contributed by atoms with E-state index in [2.05, 4.69) is 55.6 Å². The van der Waals surface area contributed by atoms with Crippen molar-refractivity contribution in [2.75, 3.05) is 6.61 Å². The van der Waals surface area contributed by atoms with Crippen LogP contribution in [0.2, 0.25) is 0 Å². The number of hydrogen-bond acceptors (Lipinski definition) is 4. The first-order chi connectivity index (χ1) is 29.6. The summed E-state index contributed by atoms with van der Waals surface area (Å²) in [6.45, 7) is 4.05. The molecule has 0 aromatic heterocycles. The Bertz CT molecular complexity index is 931. The van der Waals surface area contributed by atoms with E-state index in [9.17, 15) is 20.1 Å². The van der Waals surface area contributed by atoms with Crippen molar-refractivity contribution in [2.45, 2.75) is 302 Å². The minimum Gasteiger partial charge on any atom is -0.394 e. The van der Waals surface area contributed by atoms with Crippen molar-refractivity contribution < 1.29 is 20.1 Å². The highest BCUT2D eigenvalue weighted by Gasteiger charge is 2.26. The lowest BCUT2D eigenvalue weighted by Gasteiger charge is -2.26. The predicted octanol–water partition coefficient (Wildman–Crippen LogP) is 16.3. The summed E-state index contributed by atoms with van der Waals surface area (Å²) in [5.74, 6) is -0.158. The Morgan fingerprint density at radius 1 is 0.417 bits per heavy atom. The quantitative estimate of drug-likeness (QED) is 0.0363. The lowest BCUT2D eigenvalue weighted by Crippen LogP contribution is -2.50. The second kappa shape index (κ2) is 50.2. The molecule has 1 amide bonds. The largest absolute Gasteiger partial charge is 0.394 e. The van der Waals surface area contributed by atoms with E-state index in [0.29, 0.717) is 12.8 Å². The molecule has 5 heteroatoms. The summed E-state index contributed by atoms with van der Waals surface area (Å²) >= 11 is 0. The molecular formula is C55H105NO4. The van der Waals surface area contributed by atoms with Gasteiger partial charge in [0, 0.05) is 6.42 Å². The number of amides is 1. The summed E-state index contributed by atoms with van der Waals surface area (Å²) < 4.78 is 0. The van der Waals surface area contributed by atoms with Gasteiger partial charge < -0.3 is 20.6 Å². The van der Waals surface area contributed by atoms with E-state index < -0.39 is 18.2 Å². The molecule has 0 rings (SSSR count). The summed E-state index contributed by atoms with van der Waals surface area (Å²) in [7, 11) is 0. The van der Waals surface area contributed by atoms with E-state index in [-0.39, 0.29) is 12.5 Å². The number of aliphatic hydroxyl groups is 3. The second-order valence-electron chi connectivity index (χ2n) is 18.4. The third kappa shape index (κ3) is 44.6. The molecule has 4 N–H and O–H groups in total. The van der Waals surface area contributed by atoms with Crippen molar-refractivity contribution in [2.24, 2.45) is 0 Å². The summed E-state index contributed by atoms with van der Waals surface area (Å²) in [5.41, 5.74) is 0. The van der Waals surface area contributed by atoms with Gasteiger partial charge in [0.1, 0.15) is 6.10 Å². The van der Waals surface area contributed by atoms with Gasteiger partial charge in [-0.15, -0.1) is 0 Å². The highest BCUT2D eigenvalue weighted by molar-refractivity contribution is 5.76. The van der Waals surface area contributed by atoms with Crippen LogP contribution in [0, 0.1) is 0 Å². The molecule has 0 aromatic carbocycles. The third-order valence-electron chi connectivity index (χ3n) is 12.5. The molecule has 5 nitrogen and oxygen atoms in total. The summed E-state index contributed by atoms with van der Waals surface area (Å²) in [6, 6.07) is -0.829. The monoisotopic (exact) mass is 844 g/mol. The standard InChI is InChI=1S/C55H105NO4/c1-3-5-7-9-11-13-14-15-16-17-18-19-20-21-22-23-24-25-26-27-28-29-30-31-32-33-34-35-36-37-38-39-40-42-44-46-48-50-54(59)56-52(51-57)55(60)53(58)49-47-45-43-41-12-10-8-6-4-2/h6,8,25-26,41,43,52-53,55,57-58,60H,3-5,7,9-24,27-40,42,44-51H2,1-2H3,(H,56,59)/b8-6+,26-25-,43-41+. The van der Waals surface area contributed by atoms with Crippen molar-refractivity contribution in [1.82, 2.24) is 5.32 Å². The van der Waals surface area contributed by atoms with E-state index in [0.717, 1.165) is 51.4 Å². The second-order valence-corrected chi connectivity index (χ2v) is 18.4. The number of rotatable bonds is 49. The maximum absolute atomic E-state index is 12.4. The van der Waals surface area contributed by atoms with Gasteiger partial charge in [0.05, 0.1) is 18.8 Å². The molecule has 0 saturated carbocycles. The highest BCUT2D eigenvalue weighted by atomic mass is 16.3. The Morgan fingerprint density at radius 3 is 1.10 bits per heavy atom. The maximum atomic E-state index is 12.4. The fourth-order valence-electron chi connectivity index (χ4n) is 8.36. The van der Waals surface area contributed by atoms with Crippen LogP contribution in [0.25, 0.3) is 0 Å². The minimum atomic E-state index is -1.16. The number of nitrogens with one attached hydrogen (secondary N) is 1. The van der Waals surface area contributed by atoms with Gasteiger partial charge in [-0.2, -0.15) is 0 Å². The van der Waals surface area contributed by atoms with Crippen molar-refractivity contribution >= 4 is 5.91 Å². The summed E-state index contributed by atoms with van der Waals surface area (Å²) in [4.78, 5) is 12.4. The van der Waals surface area contributed by atoms with Gasteiger partial charge in [-0.1, -0.05) is 243 Å². The Labute approximate surface area is 374 Å². The minimum absolute atomic E-state index is 0.158. The molecule has 0 aliphatic carbocycles. The fourth-order valence-corrected chi connectivity index (χ4v) is 8.36. The molecule has 0 heterocycles.